The summed E-state index contributed by atoms with van der Waals surface area (Å²) in [6.45, 7) is 2.90. The molecule has 0 heterocycles. The van der Waals surface area contributed by atoms with Crippen molar-refractivity contribution in [2.75, 3.05) is 14.2 Å². The van der Waals surface area contributed by atoms with Crippen LogP contribution in [-0.4, -0.2) is 20.1 Å². The van der Waals surface area contributed by atoms with E-state index in [1.807, 2.05) is 6.07 Å². The molecule has 26 heavy (non-hydrogen) atoms. The number of benzene rings is 2. The van der Waals surface area contributed by atoms with Crippen LogP contribution in [0.4, 0.5) is 8.78 Å². The van der Waals surface area contributed by atoms with Crippen LogP contribution in [0.2, 0.25) is 0 Å². The summed E-state index contributed by atoms with van der Waals surface area (Å²) in [7, 11) is 3.19. The Hall–Kier alpha value is -1.74. The molecule has 2 aromatic carbocycles. The van der Waals surface area contributed by atoms with Gasteiger partial charge in [0.25, 0.3) is 0 Å². The summed E-state index contributed by atoms with van der Waals surface area (Å²) in [5, 5.41) is 6.28. The Morgan fingerprint density at radius 3 is 2.19 bits per heavy atom. The molecule has 0 unspecified atom stereocenters. The lowest BCUT2D eigenvalue weighted by Crippen LogP contribution is -2.36. The molecule has 0 aromatic heterocycles. The fraction of sp³-hybridized carbons (Fsp3) is 0.316. The van der Waals surface area contributed by atoms with Gasteiger partial charge < -0.3 is 15.4 Å². The van der Waals surface area contributed by atoms with Gasteiger partial charge in [0.05, 0.1) is 6.61 Å². The molecule has 0 aliphatic heterocycles. The fourth-order valence-electron chi connectivity index (χ4n) is 2.34. The zero-order chi connectivity index (χ0) is 18.2. The Bertz CT molecular complexity index is 754. The van der Waals surface area contributed by atoms with Gasteiger partial charge in [-0.05, 0) is 41.8 Å². The molecule has 0 aliphatic carbocycles. The minimum Gasteiger partial charge on any atom is -0.380 e. The molecule has 0 aliphatic rings. The van der Waals surface area contributed by atoms with Crippen LogP contribution in [0.5, 0.6) is 0 Å². The van der Waals surface area contributed by atoms with Gasteiger partial charge in [-0.25, -0.2) is 8.78 Å². The number of ether oxygens (including phenoxy) is 1. The van der Waals surface area contributed by atoms with E-state index in [0.29, 0.717) is 30.2 Å². The molecule has 7 heteroatoms. The largest absolute Gasteiger partial charge is 0.380 e. The fourth-order valence-corrected chi connectivity index (χ4v) is 2.34. The number of aliphatic imine (C=N–C) groups is 1. The second-order valence-electron chi connectivity index (χ2n) is 5.72. The maximum atomic E-state index is 13.6. The van der Waals surface area contributed by atoms with Gasteiger partial charge in [0.15, 0.2) is 5.96 Å². The molecule has 0 atom stereocenters. The van der Waals surface area contributed by atoms with Crippen molar-refractivity contribution in [3.05, 3.63) is 70.3 Å². The second kappa shape index (κ2) is 11.1. The summed E-state index contributed by atoms with van der Waals surface area (Å²) in [5.41, 5.74) is 2.88. The molecule has 4 nitrogen and oxygen atoms in total. The topological polar surface area (TPSA) is 45.7 Å². The van der Waals surface area contributed by atoms with Crippen molar-refractivity contribution >= 4 is 29.9 Å². The lowest BCUT2D eigenvalue weighted by atomic mass is 10.1. The van der Waals surface area contributed by atoms with E-state index < -0.39 is 0 Å². The van der Waals surface area contributed by atoms with Gasteiger partial charge in [0.1, 0.15) is 11.6 Å². The molecule has 0 radical (unpaired) electrons. The normalized spacial score (nSPS) is 11.0. The molecule has 0 fully saturated rings. The molecule has 0 amide bonds. The summed E-state index contributed by atoms with van der Waals surface area (Å²) in [4.78, 5) is 4.14. The summed E-state index contributed by atoms with van der Waals surface area (Å²) in [6.07, 6.45) is 0. The molecule has 0 spiro atoms. The Morgan fingerprint density at radius 2 is 1.62 bits per heavy atom. The summed E-state index contributed by atoms with van der Waals surface area (Å²) in [6, 6.07) is 10.0. The standard InChI is InChI=1S/C19H23F2N3O.HI/c1-13-4-5-15(9-18(13)21)11-24-19(22-2)23-10-14-6-7-17(20)16(8-14)12-25-3;/h4-9H,10-12H2,1-3H3,(H2,22,23,24);1H. The number of nitrogens with zero attached hydrogens (tertiary/aromatic N) is 1. The van der Waals surface area contributed by atoms with Crippen molar-refractivity contribution in [3.63, 3.8) is 0 Å². The number of rotatable bonds is 6. The van der Waals surface area contributed by atoms with Crippen LogP contribution in [0.1, 0.15) is 22.3 Å². The SMILES string of the molecule is CN=C(NCc1ccc(C)c(F)c1)NCc1ccc(F)c(COC)c1.I. The van der Waals surface area contributed by atoms with Crippen LogP contribution in [0.25, 0.3) is 0 Å². The quantitative estimate of drug-likeness (QED) is 0.379. The average Bonchev–Trinajstić information content (AvgIpc) is 2.61. The van der Waals surface area contributed by atoms with Gasteiger partial charge in [-0.15, -0.1) is 24.0 Å². The molecule has 0 saturated heterocycles. The lowest BCUT2D eigenvalue weighted by molar-refractivity contribution is 0.181. The highest BCUT2D eigenvalue weighted by molar-refractivity contribution is 14.0. The van der Waals surface area contributed by atoms with E-state index in [4.69, 9.17) is 4.74 Å². The van der Waals surface area contributed by atoms with Gasteiger partial charge in [-0.3, -0.25) is 4.99 Å². The van der Waals surface area contributed by atoms with Gasteiger partial charge in [-0.1, -0.05) is 18.2 Å². The minimum atomic E-state index is -0.283. The van der Waals surface area contributed by atoms with Crippen LogP contribution in [-0.2, 0) is 24.4 Å². The molecular weight excluding hydrogens is 451 g/mol. The maximum absolute atomic E-state index is 13.6. The van der Waals surface area contributed by atoms with Crippen LogP contribution in [0.3, 0.4) is 0 Å². The first-order chi connectivity index (χ1) is 12.0. The third kappa shape index (κ3) is 6.53. The third-order valence-corrected chi connectivity index (χ3v) is 3.79. The number of methoxy groups -OCH3 is 1. The number of hydrogen-bond donors (Lipinski definition) is 2. The Balaban J connectivity index is 0.00000338. The van der Waals surface area contributed by atoms with E-state index in [1.54, 1.807) is 32.2 Å². The first-order valence-corrected chi connectivity index (χ1v) is 7.99. The van der Waals surface area contributed by atoms with Crippen molar-refractivity contribution in [3.8, 4) is 0 Å². The highest BCUT2D eigenvalue weighted by Crippen LogP contribution is 2.12. The molecule has 0 saturated carbocycles. The highest BCUT2D eigenvalue weighted by atomic mass is 127. The van der Waals surface area contributed by atoms with Crippen LogP contribution in [0, 0.1) is 18.6 Å². The van der Waals surface area contributed by atoms with E-state index >= 15 is 0 Å². The highest BCUT2D eigenvalue weighted by Gasteiger charge is 2.05. The number of nitrogens with one attached hydrogen (secondary N) is 2. The number of aryl methyl sites for hydroxylation is 1. The van der Waals surface area contributed by atoms with Gasteiger partial charge in [-0.2, -0.15) is 0 Å². The smallest absolute Gasteiger partial charge is 0.191 e. The lowest BCUT2D eigenvalue weighted by Gasteiger charge is -2.13. The number of hydrogen-bond acceptors (Lipinski definition) is 2. The maximum Gasteiger partial charge on any atom is 0.191 e. The van der Waals surface area contributed by atoms with Crippen molar-refractivity contribution in [1.82, 2.24) is 10.6 Å². The van der Waals surface area contributed by atoms with Gasteiger partial charge >= 0.3 is 0 Å². The molecule has 2 aromatic rings. The van der Waals surface area contributed by atoms with Crippen molar-refractivity contribution in [2.24, 2.45) is 4.99 Å². The first-order valence-electron chi connectivity index (χ1n) is 7.99. The molecule has 142 valence electrons. The van der Waals surface area contributed by atoms with Crippen LogP contribution in [0.15, 0.2) is 41.4 Å². The Kier molecular flexibility index (Phi) is 9.50. The number of halogens is 3. The van der Waals surface area contributed by atoms with E-state index in [0.717, 1.165) is 11.1 Å². The summed E-state index contributed by atoms with van der Waals surface area (Å²) >= 11 is 0. The third-order valence-electron chi connectivity index (χ3n) is 3.79. The van der Waals surface area contributed by atoms with Crippen molar-refractivity contribution in [1.29, 1.82) is 0 Å². The van der Waals surface area contributed by atoms with Crippen LogP contribution < -0.4 is 10.6 Å². The van der Waals surface area contributed by atoms with Crippen molar-refractivity contribution < 1.29 is 13.5 Å². The van der Waals surface area contributed by atoms with Crippen LogP contribution >= 0.6 is 24.0 Å². The monoisotopic (exact) mass is 475 g/mol. The zero-order valence-corrected chi connectivity index (χ0v) is 17.4. The Morgan fingerprint density at radius 1 is 1.00 bits per heavy atom. The first kappa shape index (κ1) is 22.3. The van der Waals surface area contributed by atoms with Crippen molar-refractivity contribution in [2.45, 2.75) is 26.6 Å². The second-order valence-corrected chi connectivity index (χ2v) is 5.72. The van der Waals surface area contributed by atoms with E-state index in [1.165, 1.54) is 19.2 Å². The van der Waals surface area contributed by atoms with E-state index in [9.17, 15) is 8.78 Å². The Labute approximate surface area is 170 Å². The van der Waals surface area contributed by atoms with E-state index in [2.05, 4.69) is 15.6 Å². The molecule has 2 rings (SSSR count). The molecule has 2 N–H and O–H groups in total. The molecular formula is C19H24F2IN3O. The van der Waals surface area contributed by atoms with E-state index in [-0.39, 0.29) is 42.2 Å². The predicted octanol–water partition coefficient (Wildman–Crippen LogP) is 3.90. The van der Waals surface area contributed by atoms with Gasteiger partial charge in [0.2, 0.25) is 0 Å². The minimum absolute atomic E-state index is 0. The average molecular weight is 475 g/mol. The molecule has 0 bridgehead atoms. The summed E-state index contributed by atoms with van der Waals surface area (Å²) in [5.74, 6) is 0.0762. The predicted molar refractivity (Wildman–Crippen MR) is 111 cm³/mol. The number of guanidine groups is 1. The zero-order valence-electron chi connectivity index (χ0n) is 15.1. The summed E-state index contributed by atoms with van der Waals surface area (Å²) < 4.78 is 32.2. The van der Waals surface area contributed by atoms with Gasteiger partial charge in [0, 0.05) is 32.8 Å².